The monoisotopic (exact) mass is 272 g/mol. The zero-order chi connectivity index (χ0) is 14.0. The van der Waals surface area contributed by atoms with E-state index in [0.29, 0.717) is 26.2 Å². The van der Waals surface area contributed by atoms with Crippen molar-refractivity contribution in [2.75, 3.05) is 32.8 Å². The van der Waals surface area contributed by atoms with Crippen LogP contribution in [0.15, 0.2) is 0 Å². The molecule has 108 valence electrons. The van der Waals surface area contributed by atoms with Crippen LogP contribution in [0.25, 0.3) is 0 Å². The van der Waals surface area contributed by atoms with Gasteiger partial charge >= 0.3 is 12.0 Å². The van der Waals surface area contributed by atoms with Crippen LogP contribution in [-0.4, -0.2) is 78.0 Å². The highest BCUT2D eigenvalue weighted by Crippen LogP contribution is 2.16. The van der Waals surface area contributed by atoms with Crippen LogP contribution in [0, 0.1) is 0 Å². The molecule has 0 spiro atoms. The summed E-state index contributed by atoms with van der Waals surface area (Å²) in [5.41, 5.74) is 0. The van der Waals surface area contributed by atoms with E-state index in [9.17, 15) is 9.59 Å². The second-order valence-electron chi connectivity index (χ2n) is 5.07. The van der Waals surface area contributed by atoms with Gasteiger partial charge in [0.2, 0.25) is 0 Å². The fraction of sp³-hybridized carbons (Fsp3) is 0.833. The van der Waals surface area contributed by atoms with E-state index in [2.05, 4.69) is 0 Å². The molecule has 2 saturated heterocycles. The van der Waals surface area contributed by atoms with Crippen molar-refractivity contribution < 1.29 is 24.2 Å². The standard InChI is InChI=1S/C12H20N2O5/c1-8-5-13(6-9(2)19-8)12(17)14-3-4-18-7-10(14)11(15)16/h8-10H,3-7H2,1-2H3,(H,15,16). The second kappa shape index (κ2) is 5.75. The number of carbonyl (C=O) groups excluding carboxylic acids is 1. The van der Waals surface area contributed by atoms with E-state index >= 15 is 0 Å². The molecule has 3 unspecified atom stereocenters. The third kappa shape index (κ3) is 3.16. The Kier molecular flexibility index (Phi) is 4.26. The van der Waals surface area contributed by atoms with Gasteiger partial charge in [0.05, 0.1) is 25.4 Å². The molecule has 0 aliphatic carbocycles. The summed E-state index contributed by atoms with van der Waals surface area (Å²) in [6.07, 6.45) is -0.0611. The molecule has 19 heavy (non-hydrogen) atoms. The fourth-order valence-electron chi connectivity index (χ4n) is 2.55. The molecule has 3 atom stereocenters. The minimum Gasteiger partial charge on any atom is -0.480 e. The van der Waals surface area contributed by atoms with Crippen LogP contribution in [0.2, 0.25) is 0 Å². The summed E-state index contributed by atoms with van der Waals surface area (Å²) < 4.78 is 10.7. The second-order valence-corrected chi connectivity index (χ2v) is 5.07. The zero-order valence-corrected chi connectivity index (χ0v) is 11.2. The van der Waals surface area contributed by atoms with E-state index in [0.717, 1.165) is 0 Å². The van der Waals surface area contributed by atoms with Crippen molar-refractivity contribution >= 4 is 12.0 Å². The first-order valence-corrected chi connectivity index (χ1v) is 6.50. The van der Waals surface area contributed by atoms with E-state index in [1.165, 1.54) is 4.90 Å². The van der Waals surface area contributed by atoms with Crippen molar-refractivity contribution in [2.24, 2.45) is 0 Å². The van der Waals surface area contributed by atoms with Gasteiger partial charge in [-0.2, -0.15) is 0 Å². The van der Waals surface area contributed by atoms with E-state index in [-0.39, 0.29) is 24.8 Å². The van der Waals surface area contributed by atoms with Crippen molar-refractivity contribution in [1.29, 1.82) is 0 Å². The van der Waals surface area contributed by atoms with Crippen LogP contribution in [-0.2, 0) is 14.3 Å². The highest BCUT2D eigenvalue weighted by molar-refractivity contribution is 5.83. The van der Waals surface area contributed by atoms with Crippen molar-refractivity contribution in [2.45, 2.75) is 32.1 Å². The Morgan fingerprint density at radius 3 is 2.42 bits per heavy atom. The number of carboxylic acids is 1. The molecule has 2 aliphatic heterocycles. The van der Waals surface area contributed by atoms with Crippen molar-refractivity contribution in [3.63, 3.8) is 0 Å². The average Bonchev–Trinajstić information content (AvgIpc) is 2.36. The maximum Gasteiger partial charge on any atom is 0.328 e. The SMILES string of the molecule is CC1CN(C(=O)N2CCOCC2C(=O)O)CC(C)O1. The number of carbonyl (C=O) groups is 2. The van der Waals surface area contributed by atoms with Crippen LogP contribution in [0.3, 0.4) is 0 Å². The van der Waals surface area contributed by atoms with Gasteiger partial charge in [0.15, 0.2) is 6.04 Å². The van der Waals surface area contributed by atoms with Crippen molar-refractivity contribution in [3.8, 4) is 0 Å². The lowest BCUT2D eigenvalue weighted by Crippen LogP contribution is -2.59. The van der Waals surface area contributed by atoms with Crippen molar-refractivity contribution in [1.82, 2.24) is 9.80 Å². The number of rotatable bonds is 1. The van der Waals surface area contributed by atoms with Gasteiger partial charge in [0, 0.05) is 19.6 Å². The molecule has 7 nitrogen and oxygen atoms in total. The number of hydrogen-bond donors (Lipinski definition) is 1. The van der Waals surface area contributed by atoms with E-state index in [4.69, 9.17) is 14.6 Å². The number of aliphatic carboxylic acids is 1. The Morgan fingerprint density at radius 2 is 1.84 bits per heavy atom. The van der Waals surface area contributed by atoms with Crippen molar-refractivity contribution in [3.05, 3.63) is 0 Å². The number of nitrogens with zero attached hydrogens (tertiary/aromatic N) is 2. The Hall–Kier alpha value is -1.34. The molecular formula is C12H20N2O5. The van der Waals surface area contributed by atoms with Crippen LogP contribution < -0.4 is 0 Å². The molecule has 0 aromatic carbocycles. The van der Waals surface area contributed by atoms with E-state index in [1.54, 1.807) is 4.90 Å². The maximum atomic E-state index is 12.4. The van der Waals surface area contributed by atoms with Gasteiger partial charge in [0.25, 0.3) is 0 Å². The van der Waals surface area contributed by atoms with Crippen LogP contribution in [0.5, 0.6) is 0 Å². The largest absolute Gasteiger partial charge is 0.480 e. The molecule has 2 amide bonds. The highest BCUT2D eigenvalue weighted by atomic mass is 16.5. The van der Waals surface area contributed by atoms with Gasteiger partial charge in [-0.25, -0.2) is 9.59 Å². The zero-order valence-electron chi connectivity index (χ0n) is 11.2. The highest BCUT2D eigenvalue weighted by Gasteiger charge is 2.37. The van der Waals surface area contributed by atoms with E-state index < -0.39 is 12.0 Å². The number of ether oxygens (including phenoxy) is 2. The topological polar surface area (TPSA) is 79.3 Å². The lowest BCUT2D eigenvalue weighted by Gasteiger charge is -2.41. The Bertz CT molecular complexity index is 352. The average molecular weight is 272 g/mol. The lowest BCUT2D eigenvalue weighted by molar-refractivity contribution is -0.148. The summed E-state index contributed by atoms with van der Waals surface area (Å²) in [5.74, 6) is -1.03. The molecule has 7 heteroatoms. The van der Waals surface area contributed by atoms with Gasteiger partial charge < -0.3 is 24.4 Å². The van der Waals surface area contributed by atoms with Gasteiger partial charge in [-0.15, -0.1) is 0 Å². The predicted octanol–water partition coefficient (Wildman–Crippen LogP) is 0.00100. The predicted molar refractivity (Wildman–Crippen MR) is 65.9 cm³/mol. The van der Waals surface area contributed by atoms with Crippen LogP contribution in [0.1, 0.15) is 13.8 Å². The molecular weight excluding hydrogens is 252 g/mol. The molecule has 0 saturated carbocycles. The summed E-state index contributed by atoms with van der Waals surface area (Å²) >= 11 is 0. The third-order valence-corrected chi connectivity index (χ3v) is 3.35. The molecule has 0 aromatic rings. The smallest absolute Gasteiger partial charge is 0.328 e. The van der Waals surface area contributed by atoms with Gasteiger partial charge in [-0.1, -0.05) is 0 Å². The number of amides is 2. The summed E-state index contributed by atoms with van der Waals surface area (Å²) in [6.45, 7) is 5.55. The molecule has 2 aliphatic rings. The molecule has 2 heterocycles. The normalized spacial score (nSPS) is 32.2. The van der Waals surface area contributed by atoms with Gasteiger partial charge in [-0.3, -0.25) is 0 Å². The number of urea groups is 1. The van der Waals surface area contributed by atoms with Gasteiger partial charge in [0.1, 0.15) is 0 Å². The summed E-state index contributed by atoms with van der Waals surface area (Å²) in [6, 6.07) is -1.13. The van der Waals surface area contributed by atoms with Gasteiger partial charge in [-0.05, 0) is 13.8 Å². The van der Waals surface area contributed by atoms with Crippen LogP contribution >= 0.6 is 0 Å². The third-order valence-electron chi connectivity index (χ3n) is 3.35. The molecule has 1 N–H and O–H groups in total. The number of morpholine rings is 2. The first-order valence-electron chi connectivity index (χ1n) is 6.50. The molecule has 0 radical (unpaired) electrons. The minimum absolute atomic E-state index is 0.0305. The summed E-state index contributed by atoms with van der Waals surface area (Å²) in [7, 11) is 0. The minimum atomic E-state index is -1.03. The Morgan fingerprint density at radius 1 is 1.21 bits per heavy atom. The number of carboxylic acid groups (broad SMARTS) is 1. The summed E-state index contributed by atoms with van der Waals surface area (Å²) in [4.78, 5) is 26.7. The van der Waals surface area contributed by atoms with Crippen LogP contribution in [0.4, 0.5) is 4.79 Å². The molecule has 2 fully saturated rings. The first-order chi connectivity index (χ1) is 8.99. The molecule has 0 aromatic heterocycles. The quantitative estimate of drug-likeness (QED) is 0.727. The van der Waals surface area contributed by atoms with E-state index in [1.807, 2.05) is 13.8 Å². The number of hydrogen-bond acceptors (Lipinski definition) is 4. The molecule has 2 rings (SSSR count). The maximum absolute atomic E-state index is 12.4. The fourth-order valence-corrected chi connectivity index (χ4v) is 2.55. The summed E-state index contributed by atoms with van der Waals surface area (Å²) in [5, 5.41) is 9.14. The lowest BCUT2D eigenvalue weighted by atomic mass is 10.2. The Balaban J connectivity index is 2.06. The first kappa shape index (κ1) is 14.1. The molecule has 0 bridgehead atoms. The Labute approximate surface area is 112 Å².